The van der Waals surface area contributed by atoms with Crippen LogP contribution in [-0.2, 0) is 11.2 Å². The fourth-order valence-corrected chi connectivity index (χ4v) is 2.36. The normalized spacial score (nSPS) is 10.7. The number of hydrogen-bond donors (Lipinski definition) is 1. The summed E-state index contributed by atoms with van der Waals surface area (Å²) in [6.07, 6.45) is -4.49. The Morgan fingerprint density at radius 1 is 1.07 bits per heavy atom. The highest BCUT2D eigenvalue weighted by atomic mass is 19.4. The predicted octanol–water partition coefficient (Wildman–Crippen LogP) is 3.70. The lowest BCUT2D eigenvalue weighted by atomic mass is 10.1. The quantitative estimate of drug-likeness (QED) is 0.775. The van der Waals surface area contributed by atoms with Crippen LogP contribution in [0, 0.1) is 11.3 Å². The van der Waals surface area contributed by atoms with Crippen LogP contribution in [0.1, 0.15) is 11.1 Å². The number of benzene rings is 2. The Bertz CT molecular complexity index is 892. The second kappa shape index (κ2) is 8.99. The second-order valence-corrected chi connectivity index (χ2v) is 5.64. The van der Waals surface area contributed by atoms with Gasteiger partial charge in [0.05, 0.1) is 26.2 Å². The molecule has 9 heteroatoms. The SMILES string of the molecule is COc1ccc(CC(=O)Nc2ccc(OCC(F)(F)F)c(C#N)c2)cc1OC. The van der Waals surface area contributed by atoms with Crippen LogP contribution in [0.5, 0.6) is 17.2 Å². The van der Waals surface area contributed by atoms with Crippen LogP contribution in [0.15, 0.2) is 36.4 Å². The van der Waals surface area contributed by atoms with Gasteiger partial charge in [0.15, 0.2) is 18.1 Å². The smallest absolute Gasteiger partial charge is 0.422 e. The van der Waals surface area contributed by atoms with Crippen molar-refractivity contribution in [3.05, 3.63) is 47.5 Å². The maximum absolute atomic E-state index is 12.3. The molecule has 0 aromatic heterocycles. The molecule has 2 aromatic rings. The minimum Gasteiger partial charge on any atom is -0.493 e. The highest BCUT2D eigenvalue weighted by Gasteiger charge is 2.28. The van der Waals surface area contributed by atoms with Gasteiger partial charge in [0, 0.05) is 5.69 Å². The van der Waals surface area contributed by atoms with Gasteiger partial charge >= 0.3 is 6.18 Å². The predicted molar refractivity (Wildman–Crippen MR) is 94.6 cm³/mol. The standard InChI is InChI=1S/C19H17F3N2O4/c1-26-16-5-3-12(7-17(16)27-2)8-18(25)24-14-4-6-15(13(9-14)10-23)28-11-19(20,21)22/h3-7,9H,8,11H2,1-2H3,(H,24,25). The van der Waals surface area contributed by atoms with E-state index in [1.54, 1.807) is 24.3 Å². The average Bonchev–Trinajstić information content (AvgIpc) is 2.65. The largest absolute Gasteiger partial charge is 0.493 e. The third kappa shape index (κ3) is 5.81. The summed E-state index contributed by atoms with van der Waals surface area (Å²) in [5, 5.41) is 11.7. The van der Waals surface area contributed by atoms with Gasteiger partial charge in [-0.1, -0.05) is 6.07 Å². The molecule has 0 aliphatic carbocycles. The van der Waals surface area contributed by atoms with Gasteiger partial charge in [0.2, 0.25) is 5.91 Å². The summed E-state index contributed by atoms with van der Waals surface area (Å²) in [5.41, 5.74) is 0.815. The van der Waals surface area contributed by atoms with E-state index in [1.807, 2.05) is 0 Å². The zero-order valence-electron chi connectivity index (χ0n) is 15.1. The molecule has 0 spiro atoms. The van der Waals surface area contributed by atoms with E-state index in [1.165, 1.54) is 32.4 Å². The van der Waals surface area contributed by atoms with Crippen LogP contribution in [0.4, 0.5) is 18.9 Å². The molecule has 0 saturated heterocycles. The van der Waals surface area contributed by atoms with Gasteiger partial charge in [-0.05, 0) is 35.9 Å². The van der Waals surface area contributed by atoms with Gasteiger partial charge in [-0.15, -0.1) is 0 Å². The summed E-state index contributed by atoms with van der Waals surface area (Å²) in [4.78, 5) is 12.2. The van der Waals surface area contributed by atoms with Crippen molar-refractivity contribution < 1.29 is 32.2 Å². The molecule has 0 heterocycles. The summed E-state index contributed by atoms with van der Waals surface area (Å²) in [7, 11) is 2.98. The Balaban J connectivity index is 2.07. The topological polar surface area (TPSA) is 80.6 Å². The number of ether oxygens (including phenoxy) is 3. The summed E-state index contributed by atoms with van der Waals surface area (Å²) in [5.74, 6) is 0.420. The lowest BCUT2D eigenvalue weighted by molar-refractivity contribution is -0.153. The van der Waals surface area contributed by atoms with E-state index in [4.69, 9.17) is 14.7 Å². The number of nitrogens with one attached hydrogen (secondary N) is 1. The van der Waals surface area contributed by atoms with Crippen molar-refractivity contribution in [3.8, 4) is 23.3 Å². The number of methoxy groups -OCH3 is 2. The summed E-state index contributed by atoms with van der Waals surface area (Å²) >= 11 is 0. The van der Waals surface area contributed by atoms with E-state index in [-0.39, 0.29) is 29.3 Å². The van der Waals surface area contributed by atoms with Crippen molar-refractivity contribution in [1.29, 1.82) is 5.26 Å². The molecule has 0 saturated carbocycles. The van der Waals surface area contributed by atoms with Crippen molar-refractivity contribution in [3.63, 3.8) is 0 Å². The van der Waals surface area contributed by atoms with Crippen molar-refractivity contribution >= 4 is 11.6 Å². The molecule has 0 radical (unpaired) electrons. The van der Waals surface area contributed by atoms with E-state index in [2.05, 4.69) is 10.1 Å². The third-order valence-corrected chi connectivity index (χ3v) is 3.59. The zero-order valence-corrected chi connectivity index (χ0v) is 15.1. The van der Waals surface area contributed by atoms with Crippen LogP contribution < -0.4 is 19.5 Å². The van der Waals surface area contributed by atoms with Gasteiger partial charge in [0.25, 0.3) is 0 Å². The van der Waals surface area contributed by atoms with E-state index in [0.29, 0.717) is 17.1 Å². The fraction of sp³-hybridized carbons (Fsp3) is 0.263. The molecule has 2 rings (SSSR count). The first-order chi connectivity index (χ1) is 13.3. The van der Waals surface area contributed by atoms with E-state index in [9.17, 15) is 18.0 Å². The number of carbonyl (C=O) groups is 1. The molecule has 2 aromatic carbocycles. The number of carbonyl (C=O) groups excluding carboxylic acids is 1. The summed E-state index contributed by atoms with van der Waals surface area (Å²) in [6, 6.07) is 10.6. The van der Waals surface area contributed by atoms with Crippen LogP contribution in [0.25, 0.3) is 0 Å². The van der Waals surface area contributed by atoms with Gasteiger partial charge in [-0.3, -0.25) is 4.79 Å². The van der Waals surface area contributed by atoms with Gasteiger partial charge in [-0.25, -0.2) is 0 Å². The highest BCUT2D eigenvalue weighted by molar-refractivity contribution is 5.92. The zero-order chi connectivity index (χ0) is 20.7. The molecule has 1 amide bonds. The average molecular weight is 394 g/mol. The summed E-state index contributed by atoms with van der Waals surface area (Å²) in [6.45, 7) is -1.51. The molecule has 1 N–H and O–H groups in total. The molecule has 6 nitrogen and oxygen atoms in total. The molecule has 0 bridgehead atoms. The van der Waals surface area contributed by atoms with Crippen molar-refractivity contribution in [1.82, 2.24) is 0 Å². The molecule has 0 aliphatic rings. The monoisotopic (exact) mass is 394 g/mol. The molecular formula is C19H17F3N2O4. The molecule has 0 fully saturated rings. The number of amides is 1. The maximum Gasteiger partial charge on any atom is 0.422 e. The van der Waals surface area contributed by atoms with Crippen molar-refractivity contribution in [2.45, 2.75) is 12.6 Å². The Hall–Kier alpha value is -3.41. The van der Waals surface area contributed by atoms with Crippen LogP contribution in [0.3, 0.4) is 0 Å². The highest BCUT2D eigenvalue weighted by Crippen LogP contribution is 2.28. The lowest BCUT2D eigenvalue weighted by Gasteiger charge is -2.12. The molecule has 28 heavy (non-hydrogen) atoms. The fourth-order valence-electron chi connectivity index (χ4n) is 2.36. The number of anilines is 1. The van der Waals surface area contributed by atoms with E-state index < -0.39 is 12.8 Å². The number of alkyl halides is 3. The first kappa shape index (κ1) is 20.9. The molecular weight excluding hydrogens is 377 g/mol. The van der Waals surface area contributed by atoms with Crippen LogP contribution in [0.2, 0.25) is 0 Å². The number of halogens is 3. The van der Waals surface area contributed by atoms with Crippen molar-refractivity contribution in [2.24, 2.45) is 0 Å². The van der Waals surface area contributed by atoms with Crippen LogP contribution >= 0.6 is 0 Å². The van der Waals surface area contributed by atoms with Gasteiger partial charge in [-0.2, -0.15) is 18.4 Å². The number of nitriles is 1. The minimum absolute atomic E-state index is 0.0224. The molecule has 148 valence electrons. The Kier molecular flexibility index (Phi) is 6.71. The molecule has 0 aliphatic heterocycles. The van der Waals surface area contributed by atoms with E-state index >= 15 is 0 Å². The van der Waals surface area contributed by atoms with Crippen molar-refractivity contribution in [2.75, 3.05) is 26.1 Å². The Morgan fingerprint density at radius 3 is 2.36 bits per heavy atom. The summed E-state index contributed by atoms with van der Waals surface area (Å²) < 4.78 is 51.7. The lowest BCUT2D eigenvalue weighted by Crippen LogP contribution is -2.19. The third-order valence-electron chi connectivity index (χ3n) is 3.59. The van der Waals surface area contributed by atoms with E-state index in [0.717, 1.165) is 0 Å². The first-order valence-electron chi connectivity index (χ1n) is 8.00. The Morgan fingerprint density at radius 2 is 1.75 bits per heavy atom. The number of nitrogens with zero attached hydrogens (tertiary/aromatic N) is 1. The number of hydrogen-bond acceptors (Lipinski definition) is 5. The minimum atomic E-state index is -4.51. The Labute approximate surface area is 159 Å². The maximum atomic E-state index is 12.3. The molecule has 0 atom stereocenters. The van der Waals surface area contributed by atoms with Crippen LogP contribution in [-0.4, -0.2) is 32.9 Å². The first-order valence-corrected chi connectivity index (χ1v) is 8.00. The molecule has 0 unspecified atom stereocenters. The van der Waals surface area contributed by atoms with Gasteiger partial charge in [0.1, 0.15) is 11.8 Å². The van der Waals surface area contributed by atoms with Gasteiger partial charge < -0.3 is 19.5 Å². The number of rotatable bonds is 7. The second-order valence-electron chi connectivity index (χ2n) is 5.64.